The van der Waals surface area contributed by atoms with Crippen LogP contribution >= 0.6 is 0 Å². The van der Waals surface area contributed by atoms with Gasteiger partial charge in [-0.05, 0) is 19.1 Å². The van der Waals surface area contributed by atoms with Gasteiger partial charge in [-0.1, -0.05) is 0 Å². The largest absolute Gasteiger partial charge is 0.507 e. The highest BCUT2D eigenvalue weighted by atomic mass is 16.7. The van der Waals surface area contributed by atoms with Crippen molar-refractivity contribution in [3.8, 4) is 40.1 Å². The quantitative estimate of drug-likeness (QED) is 0.150. The number of phenols is 1. The summed E-state index contributed by atoms with van der Waals surface area (Å²) in [6.45, 7) is 0.957. The Hall–Kier alpha value is -3.71. The number of aliphatic hydroxyl groups excluding tert-OH is 6. The Morgan fingerprint density at radius 2 is 1.37 bits per heavy atom. The molecule has 0 spiro atoms. The molecule has 7 N–H and O–H groups in total. The zero-order chi connectivity index (χ0) is 33.4. The fraction of sp³-hybridized carbons (Fsp3) is 0.500. The Labute approximate surface area is 261 Å². The van der Waals surface area contributed by atoms with Crippen molar-refractivity contribution in [1.82, 2.24) is 0 Å². The Morgan fingerprint density at radius 3 is 2.00 bits per heavy atom. The molecule has 0 bridgehead atoms. The van der Waals surface area contributed by atoms with Gasteiger partial charge in [0, 0.05) is 23.8 Å². The molecule has 5 rings (SSSR count). The summed E-state index contributed by atoms with van der Waals surface area (Å²) in [5.41, 5.74) is -0.304. The van der Waals surface area contributed by atoms with Crippen LogP contribution in [0.5, 0.6) is 28.7 Å². The van der Waals surface area contributed by atoms with Gasteiger partial charge in [-0.3, -0.25) is 4.79 Å². The average Bonchev–Trinajstić information content (AvgIpc) is 3.04. The van der Waals surface area contributed by atoms with Crippen molar-refractivity contribution in [3.63, 3.8) is 0 Å². The Bertz CT molecular complexity index is 1570. The first-order chi connectivity index (χ1) is 21.9. The van der Waals surface area contributed by atoms with Crippen molar-refractivity contribution in [3.05, 3.63) is 40.6 Å². The number of ether oxygens (including phenoxy) is 7. The molecule has 1 aromatic heterocycles. The predicted octanol–water partition coefficient (Wildman–Crippen LogP) is -0.778. The van der Waals surface area contributed by atoms with Gasteiger partial charge in [0.05, 0.1) is 34.0 Å². The van der Waals surface area contributed by atoms with Crippen molar-refractivity contribution in [1.29, 1.82) is 0 Å². The molecule has 252 valence electrons. The number of rotatable bonds is 9. The molecule has 3 heterocycles. The third kappa shape index (κ3) is 6.31. The summed E-state index contributed by atoms with van der Waals surface area (Å²) in [4.78, 5) is 13.0. The molecular weight excluding hydrogens is 616 g/mol. The van der Waals surface area contributed by atoms with Gasteiger partial charge in [-0.15, -0.1) is 0 Å². The lowest BCUT2D eigenvalue weighted by molar-refractivity contribution is -0.318. The van der Waals surface area contributed by atoms with Gasteiger partial charge in [0.1, 0.15) is 71.0 Å². The highest BCUT2D eigenvalue weighted by Gasteiger charge is 2.47. The van der Waals surface area contributed by atoms with E-state index in [9.17, 15) is 40.5 Å². The number of benzene rings is 2. The van der Waals surface area contributed by atoms with Crippen LogP contribution in [-0.4, -0.2) is 125 Å². The smallest absolute Gasteiger partial charge is 0.229 e. The summed E-state index contributed by atoms with van der Waals surface area (Å²) in [6, 6.07) is 6.64. The summed E-state index contributed by atoms with van der Waals surface area (Å²) < 4.78 is 44.3. The van der Waals surface area contributed by atoms with Crippen molar-refractivity contribution in [2.75, 3.05) is 27.9 Å². The van der Waals surface area contributed by atoms with Crippen LogP contribution in [0.1, 0.15) is 6.92 Å². The monoisotopic (exact) mass is 652 g/mol. The summed E-state index contributed by atoms with van der Waals surface area (Å²) in [5.74, 6) is 0.351. The van der Waals surface area contributed by atoms with E-state index >= 15 is 0 Å². The number of phenolic OH excluding ortho intramolecular Hbond substituents is 1. The first-order valence-electron chi connectivity index (χ1n) is 14.2. The number of aromatic hydroxyl groups is 1. The minimum absolute atomic E-state index is 0.0806. The minimum Gasteiger partial charge on any atom is -0.507 e. The van der Waals surface area contributed by atoms with E-state index < -0.39 is 79.2 Å². The standard InChI is InChI=1S/C30H36O16/c1-11-22(33)24(35)26(37)29(43-11)42-10-20-23(34)25(36)27(38)30(46-20)44-13-7-14(31)21-15(32)9-16(45-17(21)8-13)12-5-18(39-2)28(41-4)19(6-12)40-3/h5-9,11,20,22-27,29-31,33-38H,10H2,1-4H3. The van der Waals surface area contributed by atoms with Crippen LogP contribution in [0, 0.1) is 0 Å². The highest BCUT2D eigenvalue weighted by molar-refractivity contribution is 5.86. The molecule has 2 saturated heterocycles. The molecule has 2 aliphatic heterocycles. The third-order valence-corrected chi connectivity index (χ3v) is 7.89. The minimum atomic E-state index is -1.78. The average molecular weight is 653 g/mol. The number of hydrogen-bond donors (Lipinski definition) is 7. The van der Waals surface area contributed by atoms with E-state index in [0.717, 1.165) is 6.07 Å². The molecule has 2 aliphatic rings. The Balaban J connectivity index is 1.40. The summed E-state index contributed by atoms with van der Waals surface area (Å²) in [6.07, 6.45) is -15.1. The van der Waals surface area contributed by atoms with Gasteiger partial charge < -0.3 is 73.3 Å². The zero-order valence-electron chi connectivity index (χ0n) is 25.2. The number of fused-ring (bicyclic) bond motifs is 1. The molecule has 16 nitrogen and oxygen atoms in total. The molecular formula is C30H36O16. The fourth-order valence-corrected chi connectivity index (χ4v) is 5.30. The van der Waals surface area contributed by atoms with Crippen LogP contribution in [0.25, 0.3) is 22.3 Å². The summed E-state index contributed by atoms with van der Waals surface area (Å²) in [5, 5.41) is 72.3. The molecule has 10 atom stereocenters. The molecule has 0 amide bonds. The Morgan fingerprint density at radius 1 is 0.739 bits per heavy atom. The van der Waals surface area contributed by atoms with E-state index in [-0.39, 0.29) is 22.5 Å². The topological polar surface area (TPSA) is 236 Å². The van der Waals surface area contributed by atoms with Crippen LogP contribution in [0.3, 0.4) is 0 Å². The van der Waals surface area contributed by atoms with E-state index in [1.807, 2.05) is 0 Å². The molecule has 16 heteroatoms. The lowest BCUT2D eigenvalue weighted by atomic mass is 9.98. The molecule has 0 saturated carbocycles. The first-order valence-corrected chi connectivity index (χ1v) is 14.2. The van der Waals surface area contributed by atoms with Crippen molar-refractivity contribution in [2.24, 2.45) is 0 Å². The Kier molecular flexibility index (Phi) is 9.92. The van der Waals surface area contributed by atoms with E-state index in [2.05, 4.69) is 0 Å². The second-order valence-electron chi connectivity index (χ2n) is 10.9. The molecule has 2 fully saturated rings. The van der Waals surface area contributed by atoms with Gasteiger partial charge in [0.2, 0.25) is 12.0 Å². The van der Waals surface area contributed by atoms with E-state index in [1.54, 1.807) is 12.1 Å². The van der Waals surface area contributed by atoms with Crippen LogP contribution in [0.4, 0.5) is 0 Å². The lowest BCUT2D eigenvalue weighted by Crippen LogP contribution is -2.61. The van der Waals surface area contributed by atoms with Crippen LogP contribution in [0.15, 0.2) is 39.5 Å². The van der Waals surface area contributed by atoms with Crippen LogP contribution in [-0.2, 0) is 14.2 Å². The molecule has 3 aromatic rings. The summed E-state index contributed by atoms with van der Waals surface area (Å²) in [7, 11) is 4.30. The molecule has 0 aliphatic carbocycles. The van der Waals surface area contributed by atoms with Crippen molar-refractivity contribution >= 4 is 11.0 Å². The zero-order valence-corrected chi connectivity index (χ0v) is 25.2. The normalized spacial score (nSPS) is 31.4. The highest BCUT2D eigenvalue weighted by Crippen LogP contribution is 2.42. The molecule has 46 heavy (non-hydrogen) atoms. The lowest BCUT2D eigenvalue weighted by Gasteiger charge is -2.42. The summed E-state index contributed by atoms with van der Waals surface area (Å²) >= 11 is 0. The van der Waals surface area contributed by atoms with Gasteiger partial charge in [0.15, 0.2) is 23.2 Å². The van der Waals surface area contributed by atoms with E-state index in [1.165, 1.54) is 40.4 Å². The maximum absolute atomic E-state index is 13.0. The molecule has 10 unspecified atom stereocenters. The SMILES string of the molecule is COc1cc(-c2cc(=O)c3c(O)cc(OC4OC(COC5OC(C)C(O)C(O)C5O)C(O)C(O)C4O)cc3o2)cc(OC)c1OC. The van der Waals surface area contributed by atoms with Gasteiger partial charge in [0.25, 0.3) is 0 Å². The van der Waals surface area contributed by atoms with Crippen LogP contribution < -0.4 is 24.4 Å². The van der Waals surface area contributed by atoms with Crippen molar-refractivity contribution in [2.45, 2.75) is 68.3 Å². The number of hydrogen-bond acceptors (Lipinski definition) is 16. The maximum atomic E-state index is 13.0. The molecule has 0 radical (unpaired) electrons. The number of methoxy groups -OCH3 is 3. The second-order valence-corrected chi connectivity index (χ2v) is 10.9. The number of aliphatic hydroxyl groups is 6. The maximum Gasteiger partial charge on any atom is 0.229 e. The van der Waals surface area contributed by atoms with E-state index in [4.69, 9.17) is 37.6 Å². The predicted molar refractivity (Wildman–Crippen MR) is 155 cm³/mol. The second kappa shape index (κ2) is 13.6. The van der Waals surface area contributed by atoms with Gasteiger partial charge >= 0.3 is 0 Å². The first kappa shape index (κ1) is 33.6. The fourth-order valence-electron chi connectivity index (χ4n) is 5.30. The van der Waals surface area contributed by atoms with Gasteiger partial charge in [-0.2, -0.15) is 0 Å². The van der Waals surface area contributed by atoms with Crippen molar-refractivity contribution < 1.29 is 73.3 Å². The third-order valence-electron chi connectivity index (χ3n) is 7.89. The molecule has 2 aromatic carbocycles. The van der Waals surface area contributed by atoms with Crippen LogP contribution in [0.2, 0.25) is 0 Å². The van der Waals surface area contributed by atoms with E-state index in [0.29, 0.717) is 22.8 Å². The van der Waals surface area contributed by atoms with Gasteiger partial charge in [-0.25, -0.2) is 0 Å².